The summed E-state index contributed by atoms with van der Waals surface area (Å²) < 4.78 is 31.7. The lowest BCUT2D eigenvalue weighted by atomic mass is 10.1. The average molecular weight is 429 g/mol. The van der Waals surface area contributed by atoms with Crippen LogP contribution in [0.25, 0.3) is 11.0 Å². The molecule has 2 heterocycles. The Morgan fingerprint density at radius 1 is 1.17 bits per heavy atom. The Morgan fingerprint density at radius 2 is 1.90 bits per heavy atom. The SMILES string of the molecule is Cc1cccc(C)c1OC[C@H](O)Cn1c(C[C@H]2CCS(=O)(=O)C2)nc2ccccc21. The van der Waals surface area contributed by atoms with Gasteiger partial charge in [-0.25, -0.2) is 13.4 Å². The van der Waals surface area contributed by atoms with Gasteiger partial charge in [-0.1, -0.05) is 30.3 Å². The number of hydrogen-bond acceptors (Lipinski definition) is 5. The highest BCUT2D eigenvalue weighted by Gasteiger charge is 2.29. The number of aromatic nitrogens is 2. The normalized spacial score (nSPS) is 19.2. The summed E-state index contributed by atoms with van der Waals surface area (Å²) >= 11 is 0. The molecule has 1 fully saturated rings. The zero-order valence-electron chi connectivity index (χ0n) is 17.4. The molecule has 1 aliphatic heterocycles. The Kier molecular flexibility index (Phi) is 5.84. The summed E-state index contributed by atoms with van der Waals surface area (Å²) in [4.78, 5) is 4.74. The van der Waals surface area contributed by atoms with Crippen molar-refractivity contribution in [3.63, 3.8) is 0 Å². The summed E-state index contributed by atoms with van der Waals surface area (Å²) in [5.41, 5.74) is 3.88. The quantitative estimate of drug-likeness (QED) is 0.625. The smallest absolute Gasteiger partial charge is 0.150 e. The van der Waals surface area contributed by atoms with E-state index in [9.17, 15) is 13.5 Å². The standard InChI is InChI=1S/C23H28N2O4S/c1-16-6-5-7-17(2)23(16)29-14-19(26)13-25-21-9-4-3-8-20(21)24-22(25)12-18-10-11-30(27,28)15-18/h3-9,18-19,26H,10-15H2,1-2H3/t18-,19-/m1/s1. The Hall–Kier alpha value is -2.38. The van der Waals surface area contributed by atoms with Crippen molar-refractivity contribution in [2.24, 2.45) is 5.92 Å². The zero-order chi connectivity index (χ0) is 21.3. The fraction of sp³-hybridized carbons (Fsp3) is 0.435. The molecule has 1 aromatic heterocycles. The molecule has 0 spiro atoms. The zero-order valence-corrected chi connectivity index (χ0v) is 18.2. The number of imidazole rings is 1. The largest absolute Gasteiger partial charge is 0.490 e. The fourth-order valence-corrected chi connectivity index (χ4v) is 6.11. The van der Waals surface area contributed by atoms with Crippen LogP contribution < -0.4 is 4.74 Å². The molecule has 30 heavy (non-hydrogen) atoms. The first kappa shape index (κ1) is 20.9. The number of benzene rings is 2. The van der Waals surface area contributed by atoms with Crippen LogP contribution >= 0.6 is 0 Å². The topological polar surface area (TPSA) is 81.4 Å². The minimum atomic E-state index is -2.94. The van der Waals surface area contributed by atoms with Gasteiger partial charge < -0.3 is 14.4 Å². The summed E-state index contributed by atoms with van der Waals surface area (Å²) in [6.07, 6.45) is 0.551. The lowest BCUT2D eigenvalue weighted by Crippen LogP contribution is -2.25. The Bertz CT molecular complexity index is 1130. The first-order chi connectivity index (χ1) is 14.3. The fourth-order valence-electron chi connectivity index (χ4n) is 4.25. The maximum absolute atomic E-state index is 11.9. The predicted molar refractivity (Wildman–Crippen MR) is 118 cm³/mol. The monoisotopic (exact) mass is 428 g/mol. The van der Waals surface area contributed by atoms with Crippen LogP contribution in [0.3, 0.4) is 0 Å². The number of nitrogens with zero attached hydrogens (tertiary/aromatic N) is 2. The minimum Gasteiger partial charge on any atom is -0.490 e. The van der Waals surface area contributed by atoms with Gasteiger partial charge >= 0.3 is 0 Å². The molecule has 0 bridgehead atoms. The van der Waals surface area contributed by atoms with E-state index in [0.29, 0.717) is 19.4 Å². The van der Waals surface area contributed by atoms with Gasteiger partial charge in [0.25, 0.3) is 0 Å². The number of rotatable bonds is 7. The summed E-state index contributed by atoms with van der Waals surface area (Å²) in [5.74, 6) is 2.18. The van der Waals surface area contributed by atoms with Crippen LogP contribution in [0.5, 0.6) is 5.75 Å². The maximum Gasteiger partial charge on any atom is 0.150 e. The van der Waals surface area contributed by atoms with Gasteiger partial charge in [-0.05, 0) is 49.4 Å². The number of hydrogen-bond donors (Lipinski definition) is 1. The third-order valence-electron chi connectivity index (χ3n) is 5.75. The van der Waals surface area contributed by atoms with Crippen molar-refractivity contribution in [1.29, 1.82) is 0 Å². The Labute approximate surface area is 177 Å². The molecule has 2 atom stereocenters. The third-order valence-corrected chi connectivity index (χ3v) is 7.59. The number of para-hydroxylation sites is 3. The van der Waals surface area contributed by atoms with Gasteiger partial charge in [0, 0.05) is 6.42 Å². The van der Waals surface area contributed by atoms with Gasteiger partial charge in [0.05, 0.1) is 29.1 Å². The Morgan fingerprint density at radius 3 is 2.60 bits per heavy atom. The molecular weight excluding hydrogens is 400 g/mol. The predicted octanol–water partition coefficient (Wildman–Crippen LogP) is 3.07. The van der Waals surface area contributed by atoms with Crippen LogP contribution in [0.2, 0.25) is 0 Å². The molecule has 0 radical (unpaired) electrons. The molecule has 0 amide bonds. The molecule has 0 aliphatic carbocycles. The van der Waals surface area contributed by atoms with E-state index in [1.807, 2.05) is 60.9 Å². The number of sulfone groups is 1. The maximum atomic E-state index is 11.9. The van der Waals surface area contributed by atoms with E-state index in [2.05, 4.69) is 0 Å². The molecule has 3 aromatic rings. The van der Waals surface area contributed by atoms with Crippen molar-refractivity contribution in [1.82, 2.24) is 9.55 Å². The molecule has 1 N–H and O–H groups in total. The van der Waals surface area contributed by atoms with Crippen LogP contribution in [0, 0.1) is 19.8 Å². The number of fused-ring (bicyclic) bond motifs is 1. The van der Waals surface area contributed by atoms with Crippen molar-refractivity contribution in [3.8, 4) is 5.75 Å². The first-order valence-electron chi connectivity index (χ1n) is 10.3. The van der Waals surface area contributed by atoms with Gasteiger partial charge in [0.15, 0.2) is 9.84 Å². The van der Waals surface area contributed by atoms with Gasteiger partial charge in [-0.3, -0.25) is 0 Å². The second kappa shape index (κ2) is 8.40. The number of aryl methyl sites for hydroxylation is 2. The van der Waals surface area contributed by atoms with Gasteiger partial charge in [-0.15, -0.1) is 0 Å². The van der Waals surface area contributed by atoms with E-state index in [1.54, 1.807) is 0 Å². The molecule has 6 nitrogen and oxygen atoms in total. The minimum absolute atomic E-state index is 0.0774. The van der Waals surface area contributed by atoms with Crippen LogP contribution in [0.15, 0.2) is 42.5 Å². The summed E-state index contributed by atoms with van der Waals surface area (Å²) in [6, 6.07) is 13.8. The highest BCUT2D eigenvalue weighted by Crippen LogP contribution is 2.26. The van der Waals surface area contributed by atoms with Crippen LogP contribution in [0.1, 0.15) is 23.4 Å². The third kappa shape index (κ3) is 4.52. The van der Waals surface area contributed by atoms with E-state index < -0.39 is 15.9 Å². The van der Waals surface area contributed by atoms with Crippen molar-refractivity contribution in [2.75, 3.05) is 18.1 Å². The molecule has 7 heteroatoms. The number of aliphatic hydroxyl groups is 1. The summed E-state index contributed by atoms with van der Waals surface area (Å²) in [6.45, 7) is 4.51. The number of ether oxygens (including phenoxy) is 1. The van der Waals surface area contributed by atoms with Crippen molar-refractivity contribution >= 4 is 20.9 Å². The molecule has 1 aliphatic rings. The molecule has 4 rings (SSSR count). The first-order valence-corrected chi connectivity index (χ1v) is 12.2. The second-order valence-corrected chi connectivity index (χ2v) is 10.5. The average Bonchev–Trinajstić information content (AvgIpc) is 3.21. The van der Waals surface area contributed by atoms with E-state index in [-0.39, 0.29) is 24.0 Å². The van der Waals surface area contributed by atoms with Crippen LogP contribution in [0.4, 0.5) is 0 Å². The highest BCUT2D eigenvalue weighted by molar-refractivity contribution is 7.91. The van der Waals surface area contributed by atoms with Gasteiger partial charge in [0.2, 0.25) is 0 Å². The van der Waals surface area contributed by atoms with E-state index in [0.717, 1.165) is 33.7 Å². The Balaban J connectivity index is 1.52. The molecule has 160 valence electrons. The lowest BCUT2D eigenvalue weighted by Gasteiger charge is -2.18. The van der Waals surface area contributed by atoms with E-state index >= 15 is 0 Å². The molecule has 1 saturated heterocycles. The van der Waals surface area contributed by atoms with Gasteiger partial charge in [-0.2, -0.15) is 0 Å². The second-order valence-electron chi connectivity index (χ2n) is 8.29. The van der Waals surface area contributed by atoms with Crippen molar-refractivity contribution in [2.45, 2.75) is 39.3 Å². The molecular formula is C23H28N2O4S. The van der Waals surface area contributed by atoms with Crippen LogP contribution in [-0.2, 0) is 22.8 Å². The molecule has 0 unspecified atom stereocenters. The van der Waals surface area contributed by atoms with Gasteiger partial charge in [0.1, 0.15) is 24.3 Å². The number of aliphatic hydroxyl groups excluding tert-OH is 1. The summed E-state index contributed by atoms with van der Waals surface area (Å²) in [5, 5.41) is 10.7. The van der Waals surface area contributed by atoms with Crippen molar-refractivity contribution < 1.29 is 18.3 Å². The summed E-state index contributed by atoms with van der Waals surface area (Å²) in [7, 11) is -2.94. The lowest BCUT2D eigenvalue weighted by molar-refractivity contribution is 0.0919. The van der Waals surface area contributed by atoms with E-state index in [4.69, 9.17) is 9.72 Å². The molecule has 2 aromatic carbocycles. The highest BCUT2D eigenvalue weighted by atomic mass is 32.2. The van der Waals surface area contributed by atoms with E-state index in [1.165, 1.54) is 0 Å². The van der Waals surface area contributed by atoms with Crippen molar-refractivity contribution in [3.05, 3.63) is 59.4 Å². The van der Waals surface area contributed by atoms with Crippen LogP contribution in [-0.4, -0.2) is 47.3 Å². The molecule has 0 saturated carbocycles.